The molecule has 1 aromatic heterocycles. The molecule has 5 heteroatoms. The van der Waals surface area contributed by atoms with Crippen LogP contribution in [0.15, 0.2) is 4.79 Å². The number of aromatic amines is 1. The van der Waals surface area contributed by atoms with Gasteiger partial charge in [-0.3, -0.25) is 4.57 Å². The molecule has 88 valence electrons. The zero-order valence-electron chi connectivity index (χ0n) is 9.41. The van der Waals surface area contributed by atoms with Crippen LogP contribution in [0.2, 0.25) is 0 Å². The van der Waals surface area contributed by atoms with E-state index < -0.39 is 0 Å². The topological polar surface area (TPSA) is 76.7 Å². The Balaban J connectivity index is 2.03. The van der Waals surface area contributed by atoms with Crippen LogP contribution in [0.25, 0.3) is 0 Å². The van der Waals surface area contributed by atoms with Gasteiger partial charge in [-0.15, -0.1) is 0 Å². The predicted octanol–water partition coefficient (Wildman–Crippen LogP) is 1.02. The first-order chi connectivity index (χ1) is 7.71. The molecule has 0 radical (unpaired) electrons. The summed E-state index contributed by atoms with van der Waals surface area (Å²) in [5, 5.41) is 6.74. The fraction of sp³-hybridized carbons (Fsp3) is 0.818. The molecule has 0 saturated heterocycles. The lowest BCUT2D eigenvalue weighted by Gasteiger charge is -2.31. The number of rotatable bonds is 2. The fourth-order valence-electron chi connectivity index (χ4n) is 2.87. The summed E-state index contributed by atoms with van der Waals surface area (Å²) < 4.78 is 1.81. The Labute approximate surface area is 94.0 Å². The second-order valence-corrected chi connectivity index (χ2v) is 5.17. The second kappa shape index (κ2) is 3.45. The molecule has 0 spiro atoms. The van der Waals surface area contributed by atoms with Crippen LogP contribution in [0.3, 0.4) is 0 Å². The van der Waals surface area contributed by atoms with E-state index >= 15 is 0 Å². The van der Waals surface area contributed by atoms with Gasteiger partial charge in [0.15, 0.2) is 5.82 Å². The summed E-state index contributed by atoms with van der Waals surface area (Å²) in [5.74, 6) is 0.791. The first-order valence-corrected chi connectivity index (χ1v) is 6.17. The Bertz CT molecular complexity index is 437. The number of H-pyrrole nitrogens is 1. The molecule has 2 fully saturated rings. The number of nitrogens with zero attached hydrogens (tertiary/aromatic N) is 2. The summed E-state index contributed by atoms with van der Waals surface area (Å²) in [6.45, 7) is 0. The highest BCUT2D eigenvalue weighted by molar-refractivity contribution is 5.09. The van der Waals surface area contributed by atoms with Gasteiger partial charge in [0.05, 0.1) is 5.54 Å². The van der Waals surface area contributed by atoms with Gasteiger partial charge in [0.2, 0.25) is 0 Å². The maximum Gasteiger partial charge on any atom is 0.343 e. The molecule has 1 aromatic rings. The Kier molecular flexibility index (Phi) is 2.17. The molecule has 3 N–H and O–H groups in total. The molecule has 0 aliphatic heterocycles. The second-order valence-electron chi connectivity index (χ2n) is 5.17. The average Bonchev–Trinajstić information content (AvgIpc) is 2.73. The van der Waals surface area contributed by atoms with Crippen molar-refractivity contribution in [2.45, 2.75) is 56.5 Å². The molecule has 2 aliphatic rings. The monoisotopic (exact) mass is 222 g/mol. The SMILES string of the molecule is NC1(c2n[nH]c(=O)n2C2CCC2)CCCC1. The van der Waals surface area contributed by atoms with Crippen molar-refractivity contribution in [2.75, 3.05) is 0 Å². The molecule has 0 bridgehead atoms. The maximum absolute atomic E-state index is 11.8. The summed E-state index contributed by atoms with van der Waals surface area (Å²) in [7, 11) is 0. The van der Waals surface area contributed by atoms with Crippen LogP contribution in [-0.2, 0) is 5.54 Å². The van der Waals surface area contributed by atoms with Gasteiger partial charge < -0.3 is 5.73 Å². The highest BCUT2D eigenvalue weighted by atomic mass is 16.1. The van der Waals surface area contributed by atoms with Crippen LogP contribution in [0.5, 0.6) is 0 Å². The van der Waals surface area contributed by atoms with Gasteiger partial charge in [-0.25, -0.2) is 9.89 Å². The first-order valence-electron chi connectivity index (χ1n) is 6.17. The number of nitrogens with two attached hydrogens (primary N) is 1. The quantitative estimate of drug-likeness (QED) is 0.784. The van der Waals surface area contributed by atoms with Crippen LogP contribution in [-0.4, -0.2) is 14.8 Å². The van der Waals surface area contributed by atoms with E-state index in [4.69, 9.17) is 5.73 Å². The first kappa shape index (κ1) is 10.1. The zero-order chi connectivity index (χ0) is 11.2. The van der Waals surface area contributed by atoms with E-state index in [1.807, 2.05) is 4.57 Å². The van der Waals surface area contributed by atoms with Crippen molar-refractivity contribution in [3.63, 3.8) is 0 Å². The van der Waals surface area contributed by atoms with Gasteiger partial charge in [0.1, 0.15) is 0 Å². The van der Waals surface area contributed by atoms with Gasteiger partial charge in [-0.2, -0.15) is 5.10 Å². The fourth-order valence-corrected chi connectivity index (χ4v) is 2.87. The minimum absolute atomic E-state index is 0.0866. The highest BCUT2D eigenvalue weighted by Crippen LogP contribution is 2.38. The number of aromatic nitrogens is 3. The van der Waals surface area contributed by atoms with Crippen molar-refractivity contribution in [3.8, 4) is 0 Å². The van der Waals surface area contributed by atoms with Crippen molar-refractivity contribution < 1.29 is 0 Å². The van der Waals surface area contributed by atoms with Crippen molar-refractivity contribution in [1.82, 2.24) is 14.8 Å². The van der Waals surface area contributed by atoms with Crippen molar-refractivity contribution in [3.05, 3.63) is 16.3 Å². The Morgan fingerprint density at radius 2 is 2.00 bits per heavy atom. The van der Waals surface area contributed by atoms with Gasteiger partial charge in [0.25, 0.3) is 0 Å². The normalized spacial score (nSPS) is 24.6. The Hall–Kier alpha value is -1.10. The van der Waals surface area contributed by atoms with Gasteiger partial charge in [-0.1, -0.05) is 12.8 Å². The third-order valence-corrected chi connectivity index (χ3v) is 4.09. The predicted molar refractivity (Wildman–Crippen MR) is 60.1 cm³/mol. The molecule has 0 amide bonds. The van der Waals surface area contributed by atoms with Crippen molar-refractivity contribution in [2.24, 2.45) is 5.73 Å². The van der Waals surface area contributed by atoms with Crippen LogP contribution >= 0.6 is 0 Å². The highest BCUT2D eigenvalue weighted by Gasteiger charge is 2.38. The molecule has 0 atom stereocenters. The minimum atomic E-state index is -0.366. The zero-order valence-corrected chi connectivity index (χ0v) is 9.41. The molecule has 16 heavy (non-hydrogen) atoms. The molecule has 5 nitrogen and oxygen atoms in total. The van der Waals surface area contributed by atoms with Crippen molar-refractivity contribution >= 4 is 0 Å². The Morgan fingerprint density at radius 3 is 2.56 bits per heavy atom. The summed E-state index contributed by atoms with van der Waals surface area (Å²) in [6, 6.07) is 0.335. The van der Waals surface area contributed by atoms with Crippen LogP contribution in [0.1, 0.15) is 56.8 Å². The van der Waals surface area contributed by atoms with Crippen LogP contribution in [0, 0.1) is 0 Å². The summed E-state index contributed by atoms with van der Waals surface area (Å²) >= 11 is 0. The van der Waals surface area contributed by atoms with E-state index in [0.717, 1.165) is 44.3 Å². The molecule has 3 rings (SSSR count). The molecule has 0 aromatic carbocycles. The average molecular weight is 222 g/mol. The number of nitrogens with one attached hydrogen (secondary N) is 1. The lowest BCUT2D eigenvalue weighted by molar-refractivity contribution is 0.277. The third-order valence-electron chi connectivity index (χ3n) is 4.09. The van der Waals surface area contributed by atoms with Gasteiger partial charge >= 0.3 is 5.69 Å². The minimum Gasteiger partial charge on any atom is -0.319 e. The van der Waals surface area contributed by atoms with Crippen LogP contribution < -0.4 is 11.4 Å². The molecule has 1 heterocycles. The molecular weight excluding hydrogens is 204 g/mol. The summed E-state index contributed by atoms with van der Waals surface area (Å²) in [5.41, 5.74) is 5.92. The lowest BCUT2D eigenvalue weighted by atomic mass is 9.91. The van der Waals surface area contributed by atoms with E-state index in [1.54, 1.807) is 0 Å². The van der Waals surface area contributed by atoms with E-state index in [0.29, 0.717) is 6.04 Å². The Morgan fingerprint density at radius 1 is 1.31 bits per heavy atom. The molecular formula is C11H18N4O. The smallest absolute Gasteiger partial charge is 0.319 e. The van der Waals surface area contributed by atoms with Crippen LogP contribution in [0.4, 0.5) is 0 Å². The maximum atomic E-state index is 11.8. The molecule has 2 aliphatic carbocycles. The summed E-state index contributed by atoms with van der Waals surface area (Å²) in [4.78, 5) is 11.8. The van der Waals surface area contributed by atoms with Gasteiger partial charge in [-0.05, 0) is 32.1 Å². The lowest BCUT2D eigenvalue weighted by Crippen LogP contribution is -2.40. The van der Waals surface area contributed by atoms with E-state index in [2.05, 4.69) is 10.2 Å². The number of hydrogen-bond donors (Lipinski definition) is 2. The summed E-state index contributed by atoms with van der Waals surface area (Å²) in [6.07, 6.45) is 7.56. The van der Waals surface area contributed by atoms with Crippen molar-refractivity contribution in [1.29, 1.82) is 0 Å². The number of hydrogen-bond acceptors (Lipinski definition) is 3. The third kappa shape index (κ3) is 1.34. The van der Waals surface area contributed by atoms with Gasteiger partial charge in [0, 0.05) is 6.04 Å². The molecule has 2 saturated carbocycles. The van der Waals surface area contributed by atoms with E-state index in [-0.39, 0.29) is 11.2 Å². The largest absolute Gasteiger partial charge is 0.343 e. The molecule has 0 unspecified atom stereocenters. The van der Waals surface area contributed by atoms with E-state index in [1.165, 1.54) is 6.42 Å². The standard InChI is InChI=1S/C11H18N4O/c12-11(6-1-2-7-11)9-13-14-10(16)15(9)8-4-3-5-8/h8H,1-7,12H2,(H,14,16). The van der Waals surface area contributed by atoms with E-state index in [9.17, 15) is 4.79 Å².